The Hall–Kier alpha value is -7.36. The number of nitrogens with one attached hydrogen (secondary N) is 8. The van der Waals surface area contributed by atoms with Crippen molar-refractivity contribution >= 4 is 53.3 Å². The Morgan fingerprint density at radius 3 is 1.92 bits per heavy atom. The van der Waals surface area contributed by atoms with Crippen LogP contribution in [0.4, 0.5) is 0 Å². The van der Waals surface area contributed by atoms with Crippen molar-refractivity contribution in [3.05, 3.63) is 90.0 Å². The van der Waals surface area contributed by atoms with E-state index >= 15 is 0 Å². The lowest BCUT2D eigenvalue weighted by molar-refractivity contribution is -0.145. The van der Waals surface area contributed by atoms with Gasteiger partial charge >= 0.3 is 5.97 Å². The highest BCUT2D eigenvalue weighted by molar-refractivity contribution is 5.98. The van der Waals surface area contributed by atoms with Crippen molar-refractivity contribution in [2.24, 2.45) is 28.3 Å². The number of aromatic amines is 1. The van der Waals surface area contributed by atoms with Gasteiger partial charge in [0, 0.05) is 44.2 Å². The number of nitrogens with two attached hydrogens (primary N) is 2. The maximum atomic E-state index is 14.5. The second kappa shape index (κ2) is 28.3. The van der Waals surface area contributed by atoms with Crippen LogP contribution < -0.4 is 48.7 Å². The Labute approximate surface area is 414 Å². The molecule has 3 aromatic rings. The van der Waals surface area contributed by atoms with E-state index in [-0.39, 0.29) is 57.7 Å². The summed E-state index contributed by atoms with van der Waals surface area (Å²) in [6.45, 7) is 7.30. The van der Waals surface area contributed by atoms with Gasteiger partial charge in [0.05, 0.1) is 12.9 Å². The number of H-pyrrole nitrogens is 1. The van der Waals surface area contributed by atoms with Crippen molar-refractivity contribution in [1.82, 2.24) is 52.1 Å². The van der Waals surface area contributed by atoms with Gasteiger partial charge in [0.25, 0.3) is 0 Å². The first-order valence-corrected chi connectivity index (χ1v) is 24.0. The number of amides is 7. The molecule has 22 heteroatoms. The van der Waals surface area contributed by atoms with Crippen LogP contribution in [0, 0.1) is 11.8 Å². The van der Waals surface area contributed by atoms with Crippen molar-refractivity contribution in [2.75, 3.05) is 26.7 Å². The number of benzene rings is 2. The summed E-state index contributed by atoms with van der Waals surface area (Å²) >= 11 is 0. The Kier molecular flexibility index (Phi) is 22.4. The van der Waals surface area contributed by atoms with Crippen LogP contribution >= 0.6 is 0 Å². The molecule has 1 aromatic heterocycles. The number of carbonyl (C=O) groups is 8. The fourth-order valence-corrected chi connectivity index (χ4v) is 8.14. The fraction of sp³-hybridized carbons (Fsp3) is 0.510. The molecule has 8 atom stereocenters. The van der Waals surface area contributed by atoms with E-state index in [1.54, 1.807) is 88.5 Å². The van der Waals surface area contributed by atoms with Crippen LogP contribution in [0.1, 0.15) is 76.6 Å². The number of carboxylic acids is 1. The van der Waals surface area contributed by atoms with E-state index in [1.165, 1.54) is 17.4 Å². The third-order valence-electron chi connectivity index (χ3n) is 12.2. The molecule has 2 aromatic carbocycles. The molecule has 22 nitrogen and oxygen atoms in total. The number of aliphatic imine (C=N–C) groups is 1. The van der Waals surface area contributed by atoms with Gasteiger partial charge in [-0.3, -0.25) is 38.6 Å². The molecule has 4 rings (SSSR count). The monoisotopic (exact) mass is 986 g/mol. The maximum Gasteiger partial charge on any atom is 0.326 e. The van der Waals surface area contributed by atoms with Crippen molar-refractivity contribution < 1.29 is 43.5 Å². The standard InChI is InChI=1S/C49H71N13O9/c1-6-30(4)41(46(68)58-36(25-33-26-53-28-55-33)47(69)62-22-14-20-38(62)44(66)59-37(48(70)71)24-32-17-11-8-12-18-32)61-43(65)35(23-31-15-9-7-10-16-31)57-45(67)40(29(2)3)60-42(64)34(56-39(63)27-52-5)19-13-21-54-49(50)51/h7-12,15-18,26,28-30,34-38,40-41,52H,6,13-14,19-25,27H2,1-5H3,(H,53,55)(H,56,63)(H,57,67)(H,58,68)(H,59,66)(H,60,64)(H,61,65)(H,70,71)(H4,50,51,54)/t30-,34-,35-,36-,37-,38-,40-,41-/m0/s1. The van der Waals surface area contributed by atoms with Gasteiger partial charge in [0.2, 0.25) is 41.4 Å². The number of carboxylic acid groups (broad SMARTS) is 1. The van der Waals surface area contributed by atoms with Crippen LogP contribution in [0.2, 0.25) is 0 Å². The highest BCUT2D eigenvalue weighted by Gasteiger charge is 2.41. The number of aliphatic carboxylic acids is 1. The highest BCUT2D eigenvalue weighted by Crippen LogP contribution is 2.21. The molecule has 1 aliphatic heterocycles. The molecule has 13 N–H and O–H groups in total. The number of nitrogens with zero attached hydrogens (tertiary/aromatic N) is 3. The van der Waals surface area contributed by atoms with Crippen LogP contribution in [0.5, 0.6) is 0 Å². The maximum absolute atomic E-state index is 14.5. The normalized spacial score (nSPS) is 16.2. The number of aromatic nitrogens is 2. The number of rotatable bonds is 28. The Morgan fingerprint density at radius 1 is 0.761 bits per heavy atom. The van der Waals surface area contributed by atoms with E-state index in [2.05, 4.69) is 52.2 Å². The molecule has 0 unspecified atom stereocenters. The molecule has 0 bridgehead atoms. The predicted octanol–water partition coefficient (Wildman–Crippen LogP) is -0.603. The lowest BCUT2D eigenvalue weighted by Crippen LogP contribution is -2.62. The number of likely N-dealkylation sites (tertiary alicyclic amines) is 1. The molecule has 0 radical (unpaired) electrons. The predicted molar refractivity (Wildman–Crippen MR) is 265 cm³/mol. The number of guanidine groups is 1. The molecule has 71 heavy (non-hydrogen) atoms. The smallest absolute Gasteiger partial charge is 0.326 e. The van der Waals surface area contributed by atoms with Gasteiger partial charge in [0.1, 0.15) is 42.3 Å². The fourth-order valence-electron chi connectivity index (χ4n) is 8.14. The van der Waals surface area contributed by atoms with Gasteiger partial charge in [-0.1, -0.05) is 94.8 Å². The van der Waals surface area contributed by atoms with Crippen LogP contribution in [-0.4, -0.2) is 142 Å². The first kappa shape index (κ1) is 56.2. The number of carbonyl (C=O) groups excluding carboxylic acids is 7. The largest absolute Gasteiger partial charge is 0.480 e. The van der Waals surface area contributed by atoms with Crippen LogP contribution in [-0.2, 0) is 57.6 Å². The lowest BCUT2D eigenvalue weighted by atomic mass is 9.96. The van der Waals surface area contributed by atoms with Crippen LogP contribution in [0.25, 0.3) is 0 Å². The lowest BCUT2D eigenvalue weighted by Gasteiger charge is -2.32. The average molecular weight is 986 g/mol. The van der Waals surface area contributed by atoms with Gasteiger partial charge in [-0.15, -0.1) is 0 Å². The van der Waals surface area contributed by atoms with Crippen molar-refractivity contribution in [3.63, 3.8) is 0 Å². The SMILES string of the molecule is CC[C@H](C)[C@H](NC(=O)[C@H](Cc1ccccc1)NC(=O)[C@@H](NC(=O)[C@H](CCCN=C(N)N)NC(=O)CNC)C(C)C)C(=O)N[C@@H](Cc1cnc[nH]1)C(=O)N1CCC[C@H]1C(=O)N[C@@H](Cc1ccccc1)C(=O)O. The topological polar surface area (TPSA) is 337 Å². The number of hydrogen-bond acceptors (Lipinski definition) is 11. The molecule has 0 saturated carbocycles. The summed E-state index contributed by atoms with van der Waals surface area (Å²) in [5.74, 6) is -6.80. The van der Waals surface area contributed by atoms with Crippen molar-refractivity contribution in [2.45, 2.75) is 121 Å². The summed E-state index contributed by atoms with van der Waals surface area (Å²) in [7, 11) is 1.58. The van der Waals surface area contributed by atoms with Gasteiger partial charge in [-0.25, -0.2) is 9.78 Å². The molecule has 0 spiro atoms. The van der Waals surface area contributed by atoms with E-state index < -0.39 is 101 Å². The molecule has 386 valence electrons. The summed E-state index contributed by atoms with van der Waals surface area (Å²) in [6.07, 6.45) is 4.46. The molecule has 1 aliphatic rings. The van der Waals surface area contributed by atoms with Crippen LogP contribution in [0.15, 0.2) is 78.2 Å². The first-order chi connectivity index (χ1) is 33.9. The Balaban J connectivity index is 1.56. The van der Waals surface area contributed by atoms with E-state index in [0.717, 1.165) is 0 Å². The van der Waals surface area contributed by atoms with Crippen LogP contribution in [0.3, 0.4) is 0 Å². The number of likely N-dealkylation sites (N-methyl/N-ethyl adjacent to an activating group) is 1. The molecule has 2 heterocycles. The molecular weight excluding hydrogens is 915 g/mol. The van der Waals surface area contributed by atoms with E-state index in [0.29, 0.717) is 36.1 Å². The zero-order chi connectivity index (χ0) is 52.0. The number of hydrogen-bond donors (Lipinski definition) is 11. The Morgan fingerprint density at radius 2 is 1.35 bits per heavy atom. The minimum Gasteiger partial charge on any atom is -0.480 e. The van der Waals surface area contributed by atoms with E-state index in [1.807, 2.05) is 6.92 Å². The first-order valence-electron chi connectivity index (χ1n) is 24.0. The zero-order valence-corrected chi connectivity index (χ0v) is 41.1. The third kappa shape index (κ3) is 17.8. The quantitative estimate of drug-likeness (QED) is 0.0246. The third-order valence-corrected chi connectivity index (χ3v) is 12.2. The minimum absolute atomic E-state index is 0.00700. The zero-order valence-electron chi connectivity index (χ0n) is 41.1. The summed E-state index contributed by atoms with van der Waals surface area (Å²) in [4.78, 5) is 122. The summed E-state index contributed by atoms with van der Waals surface area (Å²) < 4.78 is 0. The summed E-state index contributed by atoms with van der Waals surface area (Å²) in [5, 5.41) is 29.3. The second-order valence-electron chi connectivity index (χ2n) is 18.1. The van der Waals surface area contributed by atoms with Gasteiger partial charge < -0.3 is 63.7 Å². The minimum atomic E-state index is -1.27. The second-order valence-corrected chi connectivity index (χ2v) is 18.1. The van der Waals surface area contributed by atoms with Gasteiger partial charge in [0.15, 0.2) is 5.96 Å². The van der Waals surface area contributed by atoms with Crippen molar-refractivity contribution in [1.29, 1.82) is 0 Å². The van der Waals surface area contributed by atoms with E-state index in [4.69, 9.17) is 11.5 Å². The van der Waals surface area contributed by atoms with Crippen molar-refractivity contribution in [3.8, 4) is 0 Å². The molecule has 1 saturated heterocycles. The summed E-state index contributed by atoms with van der Waals surface area (Å²) in [5.41, 5.74) is 12.8. The Bertz CT molecular complexity index is 2260. The average Bonchev–Trinajstić information content (AvgIpc) is 4.06. The number of imidazole rings is 1. The van der Waals surface area contributed by atoms with Gasteiger partial charge in [-0.05, 0) is 55.7 Å². The summed E-state index contributed by atoms with van der Waals surface area (Å²) in [6, 6.07) is 9.47. The molecule has 7 amide bonds. The molecular formula is C49H71N13O9. The molecule has 0 aliphatic carbocycles. The van der Waals surface area contributed by atoms with E-state index in [9.17, 15) is 43.5 Å². The molecule has 1 fully saturated rings. The highest BCUT2D eigenvalue weighted by atomic mass is 16.4. The van der Waals surface area contributed by atoms with Gasteiger partial charge in [-0.2, -0.15) is 0 Å².